The van der Waals surface area contributed by atoms with Gasteiger partial charge in [-0.25, -0.2) is 4.39 Å². The number of halogens is 1. The highest BCUT2D eigenvalue weighted by Gasteiger charge is 2.32. The Bertz CT molecular complexity index is 393. The minimum atomic E-state index is -0.269. The molecule has 2 N–H and O–H groups in total. The molecule has 0 atom stereocenters. The van der Waals surface area contributed by atoms with Crippen LogP contribution in [-0.2, 0) is 4.74 Å². The summed E-state index contributed by atoms with van der Waals surface area (Å²) in [6, 6.07) is 4.82. The fourth-order valence-corrected chi connectivity index (χ4v) is 2.05. The monoisotopic (exact) mass is 224 g/mol. The number of rotatable bonds is 1. The van der Waals surface area contributed by atoms with Gasteiger partial charge in [-0.15, -0.1) is 0 Å². The molecule has 0 saturated carbocycles. The van der Waals surface area contributed by atoms with Crippen LogP contribution in [0.1, 0.15) is 13.8 Å². The van der Waals surface area contributed by atoms with Crippen LogP contribution in [-0.4, -0.2) is 25.3 Å². The Hall–Kier alpha value is -1.29. The van der Waals surface area contributed by atoms with Crippen molar-refractivity contribution in [1.29, 1.82) is 0 Å². The van der Waals surface area contributed by atoms with Crippen molar-refractivity contribution in [2.24, 2.45) is 0 Å². The number of nitrogens with two attached hydrogens (primary N) is 1. The maximum Gasteiger partial charge on any atom is 0.148 e. The molecule has 1 aromatic rings. The van der Waals surface area contributed by atoms with Crippen molar-refractivity contribution in [2.45, 2.75) is 19.4 Å². The van der Waals surface area contributed by atoms with Gasteiger partial charge in [-0.2, -0.15) is 0 Å². The number of hydrogen-bond acceptors (Lipinski definition) is 3. The third-order valence-electron chi connectivity index (χ3n) is 2.91. The third kappa shape index (κ3) is 1.97. The average Bonchev–Trinajstić information content (AvgIpc) is 2.19. The van der Waals surface area contributed by atoms with Gasteiger partial charge < -0.3 is 15.4 Å². The van der Waals surface area contributed by atoms with E-state index in [-0.39, 0.29) is 11.4 Å². The fourth-order valence-electron chi connectivity index (χ4n) is 2.05. The molecule has 0 unspecified atom stereocenters. The van der Waals surface area contributed by atoms with E-state index in [9.17, 15) is 4.39 Å². The number of nitrogens with zero attached hydrogens (tertiary/aromatic N) is 1. The Labute approximate surface area is 95.0 Å². The Morgan fingerprint density at radius 2 is 2.19 bits per heavy atom. The van der Waals surface area contributed by atoms with Crippen molar-refractivity contribution in [1.82, 2.24) is 0 Å². The predicted octanol–water partition coefficient (Wildman–Crippen LogP) is 2.02. The maximum absolute atomic E-state index is 13.8. The van der Waals surface area contributed by atoms with Crippen LogP contribution in [0.5, 0.6) is 0 Å². The van der Waals surface area contributed by atoms with E-state index in [4.69, 9.17) is 10.5 Å². The fraction of sp³-hybridized carbons (Fsp3) is 0.500. The van der Waals surface area contributed by atoms with Crippen molar-refractivity contribution >= 4 is 11.4 Å². The van der Waals surface area contributed by atoms with E-state index in [0.29, 0.717) is 31.1 Å². The van der Waals surface area contributed by atoms with Gasteiger partial charge in [0.15, 0.2) is 0 Å². The lowest BCUT2D eigenvalue weighted by Crippen LogP contribution is -2.53. The first kappa shape index (κ1) is 11.2. The molecular weight excluding hydrogens is 207 g/mol. The molecule has 1 aliphatic rings. The maximum atomic E-state index is 13.8. The third-order valence-corrected chi connectivity index (χ3v) is 2.91. The number of nitrogen functional groups attached to an aromatic ring is 1. The number of benzene rings is 1. The van der Waals surface area contributed by atoms with Crippen LogP contribution in [0.3, 0.4) is 0 Å². The molecule has 0 aromatic heterocycles. The largest absolute Gasteiger partial charge is 0.399 e. The van der Waals surface area contributed by atoms with Gasteiger partial charge in [0.1, 0.15) is 5.82 Å². The first-order valence-electron chi connectivity index (χ1n) is 5.41. The standard InChI is InChI=1S/C12H17FN2O/c1-12(2)8-16-6-5-15(12)11-4-3-9(14)7-10(11)13/h3-4,7H,5-6,8,14H2,1-2H3. The zero-order valence-corrected chi connectivity index (χ0v) is 9.66. The van der Waals surface area contributed by atoms with Crippen LogP contribution < -0.4 is 10.6 Å². The summed E-state index contributed by atoms with van der Waals surface area (Å²) in [4.78, 5) is 2.03. The lowest BCUT2D eigenvalue weighted by Gasteiger charge is -2.43. The number of hydrogen-bond donors (Lipinski definition) is 1. The number of anilines is 2. The summed E-state index contributed by atoms with van der Waals surface area (Å²) in [6.45, 7) is 6.03. The Morgan fingerprint density at radius 3 is 2.81 bits per heavy atom. The Kier molecular flexibility index (Phi) is 2.76. The second-order valence-corrected chi connectivity index (χ2v) is 4.73. The SMILES string of the molecule is CC1(C)COCCN1c1ccc(N)cc1F. The molecule has 0 spiro atoms. The molecule has 4 heteroatoms. The van der Waals surface area contributed by atoms with E-state index in [1.807, 2.05) is 18.7 Å². The van der Waals surface area contributed by atoms with Crippen molar-refractivity contribution in [3.63, 3.8) is 0 Å². The van der Waals surface area contributed by atoms with Crippen molar-refractivity contribution in [3.05, 3.63) is 24.0 Å². The summed E-state index contributed by atoms with van der Waals surface area (Å²) in [5.74, 6) is -0.269. The highest BCUT2D eigenvalue weighted by Crippen LogP contribution is 2.29. The van der Waals surface area contributed by atoms with Gasteiger partial charge in [0.2, 0.25) is 0 Å². The molecule has 1 aromatic carbocycles. The molecule has 3 nitrogen and oxygen atoms in total. The zero-order chi connectivity index (χ0) is 11.8. The average molecular weight is 224 g/mol. The van der Waals surface area contributed by atoms with E-state index in [1.165, 1.54) is 6.07 Å². The van der Waals surface area contributed by atoms with Gasteiger partial charge in [0.05, 0.1) is 24.4 Å². The molecule has 1 heterocycles. The normalized spacial score (nSPS) is 19.8. The second kappa shape index (κ2) is 3.94. The Balaban J connectivity index is 2.35. The van der Waals surface area contributed by atoms with Gasteiger partial charge in [-0.05, 0) is 32.0 Å². The highest BCUT2D eigenvalue weighted by atomic mass is 19.1. The lowest BCUT2D eigenvalue weighted by atomic mass is 10.0. The summed E-state index contributed by atoms with van der Waals surface area (Å²) in [7, 11) is 0. The van der Waals surface area contributed by atoms with Crippen molar-refractivity contribution in [2.75, 3.05) is 30.4 Å². The van der Waals surface area contributed by atoms with Gasteiger partial charge in [0.25, 0.3) is 0 Å². The van der Waals surface area contributed by atoms with Gasteiger partial charge in [-0.1, -0.05) is 0 Å². The predicted molar refractivity (Wildman–Crippen MR) is 63.1 cm³/mol. The summed E-state index contributed by atoms with van der Waals surface area (Å²) in [5.41, 5.74) is 6.41. The molecule has 1 fully saturated rings. The molecule has 1 saturated heterocycles. The summed E-state index contributed by atoms with van der Waals surface area (Å²) < 4.78 is 19.2. The first-order valence-corrected chi connectivity index (χ1v) is 5.41. The quantitative estimate of drug-likeness (QED) is 0.742. The van der Waals surface area contributed by atoms with E-state index in [1.54, 1.807) is 12.1 Å². The van der Waals surface area contributed by atoms with Gasteiger partial charge in [0, 0.05) is 12.2 Å². The van der Waals surface area contributed by atoms with E-state index < -0.39 is 0 Å². The van der Waals surface area contributed by atoms with Crippen LogP contribution in [0.4, 0.5) is 15.8 Å². The summed E-state index contributed by atoms with van der Waals surface area (Å²) >= 11 is 0. The lowest BCUT2D eigenvalue weighted by molar-refractivity contribution is 0.0640. The molecule has 0 bridgehead atoms. The molecule has 1 aliphatic heterocycles. The van der Waals surface area contributed by atoms with E-state index >= 15 is 0 Å². The minimum absolute atomic E-state index is 0.185. The van der Waals surface area contributed by atoms with Crippen LogP contribution in [0, 0.1) is 5.82 Å². The molecule has 0 aliphatic carbocycles. The smallest absolute Gasteiger partial charge is 0.148 e. The molecule has 88 valence electrons. The first-order chi connectivity index (χ1) is 7.50. The van der Waals surface area contributed by atoms with Crippen LogP contribution in [0.25, 0.3) is 0 Å². The second-order valence-electron chi connectivity index (χ2n) is 4.73. The molecular formula is C12H17FN2O. The van der Waals surface area contributed by atoms with Crippen molar-refractivity contribution in [3.8, 4) is 0 Å². The minimum Gasteiger partial charge on any atom is -0.399 e. The molecule has 0 radical (unpaired) electrons. The van der Waals surface area contributed by atoms with Crippen LogP contribution >= 0.6 is 0 Å². The van der Waals surface area contributed by atoms with Gasteiger partial charge >= 0.3 is 0 Å². The molecule has 0 amide bonds. The number of ether oxygens (including phenoxy) is 1. The molecule has 16 heavy (non-hydrogen) atoms. The topological polar surface area (TPSA) is 38.5 Å². The van der Waals surface area contributed by atoms with Crippen LogP contribution in [0.15, 0.2) is 18.2 Å². The highest BCUT2D eigenvalue weighted by molar-refractivity contribution is 5.56. The Morgan fingerprint density at radius 1 is 1.44 bits per heavy atom. The van der Waals surface area contributed by atoms with Crippen LogP contribution in [0.2, 0.25) is 0 Å². The number of morpholine rings is 1. The van der Waals surface area contributed by atoms with E-state index in [2.05, 4.69) is 0 Å². The van der Waals surface area contributed by atoms with Crippen molar-refractivity contribution < 1.29 is 9.13 Å². The van der Waals surface area contributed by atoms with Gasteiger partial charge in [-0.3, -0.25) is 0 Å². The zero-order valence-electron chi connectivity index (χ0n) is 9.66. The van der Waals surface area contributed by atoms with E-state index in [0.717, 1.165) is 0 Å². The summed E-state index contributed by atoms with van der Waals surface area (Å²) in [5, 5.41) is 0. The summed E-state index contributed by atoms with van der Waals surface area (Å²) in [6.07, 6.45) is 0. The molecule has 2 rings (SSSR count).